The smallest absolute Gasteiger partial charge is 0.410 e. The van der Waals surface area contributed by atoms with E-state index in [4.69, 9.17) is 13.1 Å². The van der Waals surface area contributed by atoms with Gasteiger partial charge in [-0.3, -0.25) is 8.37 Å². The Morgan fingerprint density at radius 2 is 1.41 bits per heavy atom. The molecule has 162 valence electrons. The van der Waals surface area contributed by atoms with Crippen molar-refractivity contribution >= 4 is 26.3 Å². The third kappa shape index (κ3) is 5.68. The number of carbonyl (C=O) groups is 1. The highest BCUT2D eigenvalue weighted by atomic mass is 32.2. The lowest BCUT2D eigenvalue weighted by Gasteiger charge is -2.27. The number of carbonyl (C=O) groups excluding carboxylic acids is 1. The highest BCUT2D eigenvalue weighted by molar-refractivity contribution is 7.86. The van der Waals surface area contributed by atoms with Crippen molar-refractivity contribution in [2.45, 2.75) is 31.5 Å². The molecular weight excluding hydrogens is 422 g/mol. The summed E-state index contributed by atoms with van der Waals surface area (Å²) in [6.45, 7) is -0.162. The second kappa shape index (κ2) is 8.58. The van der Waals surface area contributed by atoms with Gasteiger partial charge < -0.3 is 9.64 Å². The minimum Gasteiger partial charge on any atom is -0.445 e. The Morgan fingerprint density at radius 1 is 0.931 bits per heavy atom. The van der Waals surface area contributed by atoms with Gasteiger partial charge in [-0.1, -0.05) is 30.3 Å². The topological polar surface area (TPSA) is 116 Å². The van der Waals surface area contributed by atoms with Crippen molar-refractivity contribution in [3.63, 3.8) is 0 Å². The number of benzene rings is 1. The van der Waals surface area contributed by atoms with Crippen LogP contribution in [0.2, 0.25) is 0 Å². The largest absolute Gasteiger partial charge is 0.445 e. The predicted octanol–water partition coefficient (Wildman–Crippen LogP) is 1.35. The molecule has 0 aliphatic carbocycles. The number of hydrogen-bond acceptors (Lipinski definition) is 8. The SMILES string of the molecule is CS(=O)(=O)OCC1C(COS(C)(=O)=O)C2CCC1N2C(=O)OCc1ccccc1. The number of ether oxygens (including phenoxy) is 1. The van der Waals surface area contributed by atoms with Crippen LogP contribution in [-0.4, -0.2) is 65.6 Å². The number of fused-ring (bicyclic) bond motifs is 2. The van der Waals surface area contributed by atoms with Gasteiger partial charge in [0.2, 0.25) is 0 Å². The summed E-state index contributed by atoms with van der Waals surface area (Å²) in [6.07, 6.45) is 2.73. The standard InChI is InChI=1S/C18H25NO8S2/c1-28(21,22)26-11-14-15(12-27-29(2,23)24)17-9-8-16(14)19(17)18(20)25-10-13-6-4-3-5-7-13/h3-7,14-17H,8-12H2,1-2H3. The second-order valence-corrected chi connectivity index (χ2v) is 10.8. The third-order valence-corrected chi connectivity index (χ3v) is 6.50. The van der Waals surface area contributed by atoms with Gasteiger partial charge >= 0.3 is 6.09 Å². The van der Waals surface area contributed by atoms with Crippen molar-refractivity contribution in [3.05, 3.63) is 35.9 Å². The zero-order valence-corrected chi connectivity index (χ0v) is 17.9. The minimum absolute atomic E-state index is 0.116. The van der Waals surface area contributed by atoms with Crippen LogP contribution >= 0.6 is 0 Å². The molecule has 11 heteroatoms. The van der Waals surface area contributed by atoms with Crippen molar-refractivity contribution in [3.8, 4) is 0 Å². The quantitative estimate of drug-likeness (QED) is 0.549. The summed E-state index contributed by atoms with van der Waals surface area (Å²) in [4.78, 5) is 14.4. The molecule has 2 fully saturated rings. The van der Waals surface area contributed by atoms with Crippen LogP contribution in [0.1, 0.15) is 18.4 Å². The van der Waals surface area contributed by atoms with E-state index in [2.05, 4.69) is 0 Å². The molecule has 0 N–H and O–H groups in total. The van der Waals surface area contributed by atoms with Crippen LogP contribution in [0.4, 0.5) is 4.79 Å². The van der Waals surface area contributed by atoms with Crippen LogP contribution in [0.15, 0.2) is 30.3 Å². The first kappa shape index (κ1) is 22.0. The summed E-state index contributed by atoms with van der Waals surface area (Å²) in [5.74, 6) is -0.732. The summed E-state index contributed by atoms with van der Waals surface area (Å²) in [7, 11) is -7.35. The zero-order valence-electron chi connectivity index (χ0n) is 16.3. The molecule has 0 aromatic heterocycles. The molecule has 9 nitrogen and oxygen atoms in total. The highest BCUT2D eigenvalue weighted by Gasteiger charge is 2.56. The third-order valence-electron chi connectivity index (χ3n) is 5.38. The average molecular weight is 448 g/mol. The van der Waals surface area contributed by atoms with Crippen LogP contribution in [0.5, 0.6) is 0 Å². The average Bonchev–Trinajstić information content (AvgIpc) is 3.18. The molecule has 1 aromatic carbocycles. The monoisotopic (exact) mass is 447 g/mol. The molecule has 3 rings (SSSR count). The Kier molecular flexibility index (Phi) is 6.51. The number of rotatable bonds is 8. The summed E-state index contributed by atoms with van der Waals surface area (Å²) in [5.41, 5.74) is 0.848. The molecule has 2 heterocycles. The van der Waals surface area contributed by atoms with Gasteiger partial charge in [0.1, 0.15) is 6.61 Å². The van der Waals surface area contributed by atoms with E-state index in [0.29, 0.717) is 12.8 Å². The van der Waals surface area contributed by atoms with Crippen molar-refractivity contribution in [1.29, 1.82) is 0 Å². The van der Waals surface area contributed by atoms with E-state index in [9.17, 15) is 21.6 Å². The van der Waals surface area contributed by atoms with E-state index in [1.807, 2.05) is 30.3 Å². The Bertz CT molecular complexity index is 882. The van der Waals surface area contributed by atoms with Gasteiger partial charge in [-0.15, -0.1) is 0 Å². The molecule has 4 atom stereocenters. The summed E-state index contributed by atoms with van der Waals surface area (Å²) in [6, 6.07) is 8.66. The van der Waals surface area contributed by atoms with Gasteiger partial charge in [0.05, 0.1) is 25.7 Å². The van der Waals surface area contributed by atoms with E-state index in [0.717, 1.165) is 18.1 Å². The van der Waals surface area contributed by atoms with Crippen molar-refractivity contribution in [1.82, 2.24) is 4.90 Å². The summed E-state index contributed by atoms with van der Waals surface area (Å²) in [5, 5.41) is 0. The van der Waals surface area contributed by atoms with Gasteiger partial charge in [-0.2, -0.15) is 16.8 Å². The maximum Gasteiger partial charge on any atom is 0.410 e. The van der Waals surface area contributed by atoms with Crippen LogP contribution in [0, 0.1) is 11.8 Å². The van der Waals surface area contributed by atoms with Gasteiger partial charge in [-0.25, -0.2) is 4.79 Å². The fraction of sp³-hybridized carbons (Fsp3) is 0.611. The molecule has 0 radical (unpaired) electrons. The number of amides is 1. The van der Waals surface area contributed by atoms with E-state index in [-0.39, 0.29) is 43.7 Å². The first-order valence-corrected chi connectivity index (χ1v) is 12.9. The maximum atomic E-state index is 12.8. The van der Waals surface area contributed by atoms with Crippen LogP contribution < -0.4 is 0 Å². The Balaban J connectivity index is 1.73. The lowest BCUT2D eigenvalue weighted by molar-refractivity contribution is 0.0859. The Labute approximate surface area is 171 Å². The second-order valence-electron chi connectivity index (χ2n) is 7.46. The fourth-order valence-corrected chi connectivity index (χ4v) is 5.02. The molecule has 0 spiro atoms. The molecule has 2 bridgehead atoms. The van der Waals surface area contributed by atoms with Gasteiger partial charge in [0.25, 0.3) is 20.2 Å². The Hall–Kier alpha value is -1.69. The molecule has 2 saturated heterocycles. The minimum atomic E-state index is -3.67. The van der Waals surface area contributed by atoms with E-state index in [1.54, 1.807) is 4.90 Å². The van der Waals surface area contributed by atoms with Gasteiger partial charge in [0, 0.05) is 23.9 Å². The molecule has 1 aromatic rings. The van der Waals surface area contributed by atoms with E-state index >= 15 is 0 Å². The zero-order chi connectivity index (χ0) is 21.2. The number of hydrogen-bond donors (Lipinski definition) is 0. The molecule has 1 amide bonds. The molecule has 4 unspecified atom stereocenters. The predicted molar refractivity (Wildman–Crippen MR) is 104 cm³/mol. The lowest BCUT2D eigenvalue weighted by atomic mass is 9.80. The van der Waals surface area contributed by atoms with Crippen molar-refractivity contribution in [2.24, 2.45) is 11.8 Å². The molecule has 29 heavy (non-hydrogen) atoms. The molecule has 0 saturated carbocycles. The van der Waals surface area contributed by atoms with Crippen LogP contribution in [0.3, 0.4) is 0 Å². The first-order valence-electron chi connectivity index (χ1n) is 9.23. The molecular formula is C18H25NO8S2. The van der Waals surface area contributed by atoms with Gasteiger partial charge in [-0.05, 0) is 18.4 Å². The van der Waals surface area contributed by atoms with Crippen molar-refractivity contribution < 1.29 is 34.7 Å². The molecule has 2 aliphatic rings. The lowest BCUT2D eigenvalue weighted by Crippen LogP contribution is -2.37. The van der Waals surface area contributed by atoms with Crippen LogP contribution in [-0.2, 0) is 39.9 Å². The van der Waals surface area contributed by atoms with E-state index in [1.165, 1.54) is 0 Å². The number of nitrogens with zero attached hydrogens (tertiary/aromatic N) is 1. The normalized spacial score (nSPS) is 26.6. The van der Waals surface area contributed by atoms with Gasteiger partial charge in [0.15, 0.2) is 0 Å². The summed E-state index contributed by atoms with van der Waals surface area (Å²) >= 11 is 0. The van der Waals surface area contributed by atoms with Crippen LogP contribution in [0.25, 0.3) is 0 Å². The maximum absolute atomic E-state index is 12.8. The highest BCUT2D eigenvalue weighted by Crippen LogP contribution is 2.46. The first-order chi connectivity index (χ1) is 13.6. The van der Waals surface area contributed by atoms with E-state index < -0.39 is 26.3 Å². The fourth-order valence-electron chi connectivity index (χ4n) is 4.22. The summed E-state index contributed by atoms with van der Waals surface area (Å²) < 4.78 is 61.1. The molecule has 2 aliphatic heterocycles. The Morgan fingerprint density at radius 3 is 1.86 bits per heavy atom. The van der Waals surface area contributed by atoms with Crippen molar-refractivity contribution in [2.75, 3.05) is 25.7 Å².